The molecule has 0 saturated heterocycles. The van der Waals surface area contributed by atoms with Crippen LogP contribution in [0.25, 0.3) is 0 Å². The van der Waals surface area contributed by atoms with Crippen molar-refractivity contribution in [2.45, 2.75) is 19.9 Å². The van der Waals surface area contributed by atoms with Crippen LogP contribution in [0, 0.1) is 5.92 Å². The van der Waals surface area contributed by atoms with E-state index < -0.39 is 5.97 Å². The summed E-state index contributed by atoms with van der Waals surface area (Å²) in [5, 5.41) is 11.8. The molecule has 1 atom stereocenters. The Morgan fingerprint density at radius 2 is 2.40 bits per heavy atom. The van der Waals surface area contributed by atoms with Crippen molar-refractivity contribution in [1.29, 1.82) is 0 Å². The summed E-state index contributed by atoms with van der Waals surface area (Å²) in [4.78, 5) is 11.7. The molecule has 0 saturated carbocycles. The van der Waals surface area contributed by atoms with Gasteiger partial charge in [-0.25, -0.2) is 0 Å². The second-order valence-corrected chi connectivity index (χ2v) is 6.09. The minimum Gasteiger partial charge on any atom is -0.481 e. The Bertz CT molecular complexity index is 327. The fraction of sp³-hybridized carbons (Fsp3) is 0.500. The van der Waals surface area contributed by atoms with Gasteiger partial charge in [0.15, 0.2) is 0 Å². The number of halogens is 1. The van der Waals surface area contributed by atoms with Crippen LogP contribution in [0.5, 0.6) is 0 Å². The number of rotatable bonds is 6. The fourth-order valence-electron chi connectivity index (χ4n) is 1.26. The quantitative estimate of drug-likeness (QED) is 0.847. The predicted molar refractivity (Wildman–Crippen MR) is 65.1 cm³/mol. The van der Waals surface area contributed by atoms with E-state index in [0.717, 1.165) is 16.9 Å². The van der Waals surface area contributed by atoms with Gasteiger partial charge in [-0.3, -0.25) is 4.79 Å². The lowest BCUT2D eigenvalue weighted by atomic mass is 10.1. The van der Waals surface area contributed by atoms with Crippen molar-refractivity contribution in [3.8, 4) is 0 Å². The van der Waals surface area contributed by atoms with Crippen molar-refractivity contribution in [3.63, 3.8) is 0 Å². The Kier molecular flexibility index (Phi) is 5.28. The SMILES string of the molecule is CC(CNCc1ccc(Br)s1)CC(=O)O. The van der Waals surface area contributed by atoms with E-state index in [2.05, 4.69) is 27.3 Å². The number of hydrogen-bond donors (Lipinski definition) is 2. The molecule has 0 aliphatic carbocycles. The molecule has 1 rings (SSSR count). The third-order valence-electron chi connectivity index (χ3n) is 1.94. The van der Waals surface area contributed by atoms with Gasteiger partial charge in [-0.1, -0.05) is 6.92 Å². The number of carboxylic acid groups (broad SMARTS) is 1. The average Bonchev–Trinajstić information content (AvgIpc) is 2.50. The predicted octanol–water partition coefficient (Wildman–Crippen LogP) is 2.71. The summed E-state index contributed by atoms with van der Waals surface area (Å²) in [5.74, 6) is -0.561. The largest absolute Gasteiger partial charge is 0.481 e. The van der Waals surface area contributed by atoms with E-state index >= 15 is 0 Å². The molecule has 0 bridgehead atoms. The summed E-state index contributed by atoms with van der Waals surface area (Å²) < 4.78 is 1.12. The normalized spacial score (nSPS) is 12.7. The van der Waals surface area contributed by atoms with E-state index in [1.54, 1.807) is 11.3 Å². The number of carboxylic acids is 1. The molecule has 2 N–H and O–H groups in total. The molecule has 0 fully saturated rings. The second-order valence-electron chi connectivity index (χ2n) is 3.54. The van der Waals surface area contributed by atoms with Gasteiger partial charge in [0.25, 0.3) is 0 Å². The average molecular weight is 292 g/mol. The maximum Gasteiger partial charge on any atom is 0.303 e. The summed E-state index contributed by atoms with van der Waals surface area (Å²) in [6, 6.07) is 4.08. The molecule has 0 aromatic carbocycles. The Labute approximate surface area is 102 Å². The second kappa shape index (κ2) is 6.25. The lowest BCUT2D eigenvalue weighted by molar-refractivity contribution is -0.137. The molecule has 1 heterocycles. The molecule has 1 aromatic rings. The zero-order chi connectivity index (χ0) is 11.3. The number of aliphatic carboxylic acids is 1. The zero-order valence-electron chi connectivity index (χ0n) is 8.50. The monoisotopic (exact) mass is 291 g/mol. The van der Waals surface area contributed by atoms with E-state index in [9.17, 15) is 4.79 Å². The molecule has 0 amide bonds. The Hall–Kier alpha value is -0.390. The lowest BCUT2D eigenvalue weighted by Crippen LogP contribution is -2.22. The first-order chi connectivity index (χ1) is 7.08. The van der Waals surface area contributed by atoms with Gasteiger partial charge in [0.1, 0.15) is 0 Å². The highest BCUT2D eigenvalue weighted by Crippen LogP contribution is 2.21. The maximum atomic E-state index is 10.4. The van der Waals surface area contributed by atoms with Crippen LogP contribution in [0.2, 0.25) is 0 Å². The van der Waals surface area contributed by atoms with Gasteiger partial charge in [0.05, 0.1) is 3.79 Å². The van der Waals surface area contributed by atoms with Crippen molar-refractivity contribution in [1.82, 2.24) is 5.32 Å². The van der Waals surface area contributed by atoms with Crippen molar-refractivity contribution in [2.24, 2.45) is 5.92 Å². The van der Waals surface area contributed by atoms with Crippen LogP contribution >= 0.6 is 27.3 Å². The first-order valence-corrected chi connectivity index (χ1v) is 6.35. The van der Waals surface area contributed by atoms with Gasteiger partial charge in [-0.15, -0.1) is 11.3 Å². The van der Waals surface area contributed by atoms with Crippen LogP contribution in [0.4, 0.5) is 0 Å². The fourth-order valence-corrected chi connectivity index (χ4v) is 2.71. The molecule has 0 spiro atoms. The van der Waals surface area contributed by atoms with E-state index in [-0.39, 0.29) is 12.3 Å². The van der Waals surface area contributed by atoms with Crippen molar-refractivity contribution in [2.75, 3.05) is 6.54 Å². The minimum absolute atomic E-state index is 0.172. The minimum atomic E-state index is -0.733. The van der Waals surface area contributed by atoms with Gasteiger partial charge in [-0.2, -0.15) is 0 Å². The zero-order valence-corrected chi connectivity index (χ0v) is 10.9. The lowest BCUT2D eigenvalue weighted by Gasteiger charge is -2.08. The van der Waals surface area contributed by atoms with Crippen LogP contribution in [0.15, 0.2) is 15.9 Å². The molecule has 0 aliphatic rings. The standard InChI is InChI=1S/C10H14BrNO2S/c1-7(4-10(13)14)5-12-6-8-2-3-9(11)15-8/h2-3,7,12H,4-6H2,1H3,(H,13,14). The van der Waals surface area contributed by atoms with Crippen LogP contribution in [0.3, 0.4) is 0 Å². The summed E-state index contributed by atoms with van der Waals surface area (Å²) >= 11 is 5.09. The van der Waals surface area contributed by atoms with E-state index in [0.29, 0.717) is 0 Å². The van der Waals surface area contributed by atoms with Crippen LogP contribution in [-0.2, 0) is 11.3 Å². The molecular formula is C10H14BrNO2S. The maximum absolute atomic E-state index is 10.4. The van der Waals surface area contributed by atoms with Crippen molar-refractivity contribution < 1.29 is 9.90 Å². The number of carbonyl (C=O) groups is 1. The number of hydrogen-bond acceptors (Lipinski definition) is 3. The Morgan fingerprint density at radius 1 is 1.67 bits per heavy atom. The topological polar surface area (TPSA) is 49.3 Å². The molecule has 0 radical (unpaired) electrons. The van der Waals surface area contributed by atoms with Crippen LogP contribution in [-0.4, -0.2) is 17.6 Å². The van der Waals surface area contributed by atoms with Crippen LogP contribution in [0.1, 0.15) is 18.2 Å². The van der Waals surface area contributed by atoms with Gasteiger partial charge < -0.3 is 10.4 Å². The molecule has 1 aromatic heterocycles. The first kappa shape index (κ1) is 12.7. The molecule has 3 nitrogen and oxygen atoms in total. The number of thiophene rings is 1. The molecule has 15 heavy (non-hydrogen) atoms. The molecule has 5 heteroatoms. The Morgan fingerprint density at radius 3 is 2.93 bits per heavy atom. The molecule has 1 unspecified atom stereocenters. The van der Waals surface area contributed by atoms with Gasteiger partial charge in [0, 0.05) is 17.8 Å². The van der Waals surface area contributed by atoms with Gasteiger partial charge in [-0.05, 0) is 40.5 Å². The Balaban J connectivity index is 2.18. The van der Waals surface area contributed by atoms with Crippen molar-refractivity contribution >= 4 is 33.2 Å². The van der Waals surface area contributed by atoms with E-state index in [1.807, 2.05) is 13.0 Å². The third-order valence-corrected chi connectivity index (χ3v) is 3.57. The van der Waals surface area contributed by atoms with Gasteiger partial charge >= 0.3 is 5.97 Å². The first-order valence-electron chi connectivity index (χ1n) is 4.74. The third kappa shape index (κ3) is 5.30. The highest BCUT2D eigenvalue weighted by Gasteiger charge is 2.06. The number of nitrogens with one attached hydrogen (secondary N) is 1. The van der Waals surface area contributed by atoms with Crippen LogP contribution < -0.4 is 5.32 Å². The van der Waals surface area contributed by atoms with Crippen molar-refractivity contribution in [3.05, 3.63) is 20.8 Å². The highest BCUT2D eigenvalue weighted by molar-refractivity contribution is 9.11. The highest BCUT2D eigenvalue weighted by atomic mass is 79.9. The summed E-state index contributed by atoms with van der Waals surface area (Å²) in [6.07, 6.45) is 0.223. The smallest absolute Gasteiger partial charge is 0.303 e. The summed E-state index contributed by atoms with van der Waals surface area (Å²) in [7, 11) is 0. The molecule has 0 aliphatic heterocycles. The van der Waals surface area contributed by atoms with Gasteiger partial charge in [0.2, 0.25) is 0 Å². The van der Waals surface area contributed by atoms with E-state index in [4.69, 9.17) is 5.11 Å². The summed E-state index contributed by atoms with van der Waals surface area (Å²) in [5.41, 5.74) is 0. The summed E-state index contributed by atoms with van der Waals surface area (Å²) in [6.45, 7) is 3.48. The van der Waals surface area contributed by atoms with E-state index in [1.165, 1.54) is 4.88 Å². The molecule has 84 valence electrons. The molecular weight excluding hydrogens is 278 g/mol.